The van der Waals surface area contributed by atoms with Gasteiger partial charge in [-0.15, -0.1) is 0 Å². The Bertz CT molecular complexity index is 898. The molecule has 1 amide bonds. The smallest absolute Gasteiger partial charge is 0.264 e. The lowest BCUT2D eigenvalue weighted by atomic mass is 10.3. The van der Waals surface area contributed by atoms with Gasteiger partial charge >= 0.3 is 0 Å². The van der Waals surface area contributed by atoms with E-state index < -0.39 is 17.5 Å². The molecule has 0 aliphatic carbocycles. The van der Waals surface area contributed by atoms with Crippen LogP contribution in [0.25, 0.3) is 10.2 Å². The van der Waals surface area contributed by atoms with Gasteiger partial charge in [-0.25, -0.2) is 13.8 Å². The molecular formula is C16H12F2N2O3S. The number of hydrogen-bond acceptors (Lipinski definition) is 5. The van der Waals surface area contributed by atoms with Crippen LogP contribution in [0.4, 0.5) is 13.9 Å². The quantitative estimate of drug-likeness (QED) is 0.764. The number of carbonyl (C=O) groups is 1. The highest BCUT2D eigenvalue weighted by atomic mass is 32.1. The van der Waals surface area contributed by atoms with Crippen LogP contribution in [0.3, 0.4) is 0 Å². The molecule has 2 aromatic carbocycles. The Morgan fingerprint density at radius 1 is 1.25 bits per heavy atom. The number of fused-ring (bicyclic) bond motifs is 1. The summed E-state index contributed by atoms with van der Waals surface area (Å²) >= 11 is 0.983. The SMILES string of the molecule is COc1cccc(OCC(=O)Nc2nc3c(F)cc(F)cc3s2)c1. The Kier molecular flexibility index (Phi) is 4.57. The van der Waals surface area contributed by atoms with Crippen molar-refractivity contribution in [2.24, 2.45) is 0 Å². The van der Waals surface area contributed by atoms with Gasteiger partial charge in [0.05, 0.1) is 11.8 Å². The van der Waals surface area contributed by atoms with Gasteiger partial charge in [-0.2, -0.15) is 0 Å². The minimum absolute atomic E-state index is 0.0189. The molecule has 3 aromatic rings. The molecule has 1 N–H and O–H groups in total. The van der Waals surface area contributed by atoms with Crippen molar-refractivity contribution in [2.75, 3.05) is 19.0 Å². The van der Waals surface area contributed by atoms with Gasteiger partial charge < -0.3 is 9.47 Å². The molecule has 1 heterocycles. The van der Waals surface area contributed by atoms with Gasteiger partial charge in [0.1, 0.15) is 22.8 Å². The van der Waals surface area contributed by atoms with Crippen LogP contribution in [0.5, 0.6) is 11.5 Å². The highest BCUT2D eigenvalue weighted by Crippen LogP contribution is 2.28. The van der Waals surface area contributed by atoms with Crippen LogP contribution >= 0.6 is 11.3 Å². The van der Waals surface area contributed by atoms with Crippen LogP contribution in [0.2, 0.25) is 0 Å². The lowest BCUT2D eigenvalue weighted by Crippen LogP contribution is -2.20. The number of anilines is 1. The van der Waals surface area contributed by atoms with Gasteiger partial charge in [-0.05, 0) is 18.2 Å². The third-order valence-electron chi connectivity index (χ3n) is 3.07. The summed E-state index contributed by atoms with van der Waals surface area (Å²) in [6.45, 7) is -0.250. The molecule has 5 nitrogen and oxygen atoms in total. The van der Waals surface area contributed by atoms with Crippen molar-refractivity contribution in [1.29, 1.82) is 0 Å². The first-order valence-corrected chi connectivity index (χ1v) is 7.69. The molecular weight excluding hydrogens is 338 g/mol. The van der Waals surface area contributed by atoms with E-state index in [0.29, 0.717) is 16.2 Å². The monoisotopic (exact) mass is 350 g/mol. The zero-order valence-electron chi connectivity index (χ0n) is 12.5. The van der Waals surface area contributed by atoms with E-state index in [4.69, 9.17) is 9.47 Å². The first-order chi connectivity index (χ1) is 11.5. The van der Waals surface area contributed by atoms with Gasteiger partial charge in [-0.1, -0.05) is 17.4 Å². The zero-order chi connectivity index (χ0) is 17.1. The zero-order valence-corrected chi connectivity index (χ0v) is 13.3. The Morgan fingerprint density at radius 2 is 2.04 bits per heavy atom. The average molecular weight is 350 g/mol. The summed E-state index contributed by atoms with van der Waals surface area (Å²) in [7, 11) is 1.53. The van der Waals surface area contributed by atoms with Crippen molar-refractivity contribution < 1.29 is 23.0 Å². The van der Waals surface area contributed by atoms with E-state index in [1.165, 1.54) is 13.2 Å². The Morgan fingerprint density at radius 3 is 2.83 bits per heavy atom. The number of nitrogens with one attached hydrogen (secondary N) is 1. The predicted molar refractivity (Wildman–Crippen MR) is 86.7 cm³/mol. The lowest BCUT2D eigenvalue weighted by molar-refractivity contribution is -0.118. The number of nitrogens with zero attached hydrogens (tertiary/aromatic N) is 1. The summed E-state index contributed by atoms with van der Waals surface area (Å²) in [5, 5.41) is 2.67. The average Bonchev–Trinajstić information content (AvgIpc) is 2.95. The van der Waals surface area contributed by atoms with Crippen molar-refractivity contribution in [1.82, 2.24) is 4.98 Å². The van der Waals surface area contributed by atoms with Gasteiger partial charge in [0.2, 0.25) is 0 Å². The molecule has 24 heavy (non-hydrogen) atoms. The number of halogens is 2. The molecule has 8 heteroatoms. The molecule has 0 fully saturated rings. The van der Waals surface area contributed by atoms with Crippen LogP contribution in [0.15, 0.2) is 36.4 Å². The summed E-state index contributed by atoms with van der Waals surface area (Å²) in [6.07, 6.45) is 0. The number of aromatic nitrogens is 1. The molecule has 0 radical (unpaired) electrons. The van der Waals surface area contributed by atoms with Crippen molar-refractivity contribution in [3.8, 4) is 11.5 Å². The molecule has 124 valence electrons. The van der Waals surface area contributed by atoms with Crippen LogP contribution in [0.1, 0.15) is 0 Å². The Labute approximate surface area is 139 Å². The number of ether oxygens (including phenoxy) is 2. The van der Waals surface area contributed by atoms with E-state index >= 15 is 0 Å². The maximum Gasteiger partial charge on any atom is 0.264 e. The van der Waals surface area contributed by atoms with Crippen LogP contribution < -0.4 is 14.8 Å². The predicted octanol–water partition coefficient (Wildman–Crippen LogP) is 3.60. The molecule has 0 bridgehead atoms. The van der Waals surface area contributed by atoms with Crippen LogP contribution in [-0.4, -0.2) is 24.6 Å². The second-order valence-corrected chi connectivity index (χ2v) is 5.80. The molecule has 0 saturated heterocycles. The number of amides is 1. The first-order valence-electron chi connectivity index (χ1n) is 6.87. The van der Waals surface area contributed by atoms with Gasteiger partial charge in [0.15, 0.2) is 17.6 Å². The van der Waals surface area contributed by atoms with Crippen LogP contribution in [0, 0.1) is 11.6 Å². The molecule has 0 unspecified atom stereocenters. The highest BCUT2D eigenvalue weighted by Gasteiger charge is 2.13. The van der Waals surface area contributed by atoms with E-state index in [-0.39, 0.29) is 17.3 Å². The molecule has 1 aromatic heterocycles. The highest BCUT2D eigenvalue weighted by molar-refractivity contribution is 7.22. The van der Waals surface area contributed by atoms with E-state index in [2.05, 4.69) is 10.3 Å². The topological polar surface area (TPSA) is 60.5 Å². The standard InChI is InChI=1S/C16H12F2N2O3S/c1-22-10-3-2-4-11(7-10)23-8-14(21)19-16-20-15-12(18)5-9(17)6-13(15)24-16/h2-7H,8H2,1H3,(H,19,20,21). The summed E-state index contributed by atoms with van der Waals surface area (Å²) in [5.74, 6) is -0.839. The van der Waals surface area contributed by atoms with Gasteiger partial charge in [0.25, 0.3) is 5.91 Å². The second kappa shape index (κ2) is 6.79. The van der Waals surface area contributed by atoms with Gasteiger partial charge in [-0.3, -0.25) is 10.1 Å². The lowest BCUT2D eigenvalue weighted by Gasteiger charge is -2.07. The second-order valence-electron chi connectivity index (χ2n) is 4.77. The number of methoxy groups -OCH3 is 1. The number of thiazole rings is 1. The van der Waals surface area contributed by atoms with Crippen molar-refractivity contribution >= 4 is 32.6 Å². The fourth-order valence-electron chi connectivity index (χ4n) is 2.01. The number of carbonyl (C=O) groups excluding carboxylic acids is 1. The third kappa shape index (κ3) is 3.60. The Balaban J connectivity index is 1.65. The Hall–Kier alpha value is -2.74. The van der Waals surface area contributed by atoms with Gasteiger partial charge in [0, 0.05) is 12.1 Å². The fourth-order valence-corrected chi connectivity index (χ4v) is 2.93. The molecule has 0 spiro atoms. The summed E-state index contributed by atoms with van der Waals surface area (Å²) in [6, 6.07) is 8.73. The van der Waals surface area contributed by atoms with Crippen molar-refractivity contribution in [3.63, 3.8) is 0 Å². The molecule has 3 rings (SSSR count). The maximum atomic E-state index is 13.6. The molecule has 0 aliphatic rings. The minimum Gasteiger partial charge on any atom is -0.497 e. The van der Waals surface area contributed by atoms with E-state index in [1.807, 2.05) is 0 Å². The summed E-state index contributed by atoms with van der Waals surface area (Å²) in [4.78, 5) is 15.8. The minimum atomic E-state index is -0.769. The first kappa shape index (κ1) is 16.1. The third-order valence-corrected chi connectivity index (χ3v) is 3.99. The van der Waals surface area contributed by atoms with Crippen LogP contribution in [-0.2, 0) is 4.79 Å². The largest absolute Gasteiger partial charge is 0.497 e. The van der Waals surface area contributed by atoms with Crippen molar-refractivity contribution in [2.45, 2.75) is 0 Å². The maximum absolute atomic E-state index is 13.6. The number of benzene rings is 2. The van der Waals surface area contributed by atoms with E-state index in [1.54, 1.807) is 24.3 Å². The molecule has 0 aliphatic heterocycles. The van der Waals surface area contributed by atoms with E-state index in [9.17, 15) is 13.6 Å². The molecule has 0 saturated carbocycles. The summed E-state index contributed by atoms with van der Waals surface area (Å²) < 4.78 is 37.5. The number of rotatable bonds is 5. The van der Waals surface area contributed by atoms with Crippen molar-refractivity contribution in [3.05, 3.63) is 48.0 Å². The normalized spacial score (nSPS) is 10.6. The van der Waals surface area contributed by atoms with E-state index in [0.717, 1.165) is 17.4 Å². The summed E-state index contributed by atoms with van der Waals surface area (Å²) in [5.41, 5.74) is 0.0189. The fraction of sp³-hybridized carbons (Fsp3) is 0.125. The number of hydrogen-bond donors (Lipinski definition) is 1. The molecule has 0 atom stereocenters.